The summed E-state index contributed by atoms with van der Waals surface area (Å²) in [4.78, 5) is 37.6. The number of nitrogens with one attached hydrogen (secondary N) is 1. The maximum atomic E-state index is 12.0. The van der Waals surface area contributed by atoms with Crippen LogP contribution in [0, 0.1) is 12.3 Å². The molecule has 0 spiro atoms. The van der Waals surface area contributed by atoms with Crippen LogP contribution in [0.25, 0.3) is 0 Å². The van der Waals surface area contributed by atoms with E-state index in [1.807, 2.05) is 0 Å². The van der Waals surface area contributed by atoms with Crippen LogP contribution in [0.5, 0.6) is 0 Å². The van der Waals surface area contributed by atoms with E-state index in [9.17, 15) is 19.5 Å². The number of rotatable bonds is 4. The lowest BCUT2D eigenvalue weighted by molar-refractivity contribution is -0.0532. The molecule has 0 bridgehead atoms. The Bertz CT molecular complexity index is 1000. The topological polar surface area (TPSA) is 111 Å². The average Bonchev–Trinajstić information content (AvgIpc) is 3.01. The number of terminal acetylenes is 1. The molecule has 1 aromatic carbocycles. The number of aromatic amines is 1. The lowest BCUT2D eigenvalue weighted by Gasteiger charge is -2.16. The van der Waals surface area contributed by atoms with Crippen LogP contribution in [0.4, 0.5) is 0 Å². The maximum Gasteiger partial charge on any atom is 0.338 e. The van der Waals surface area contributed by atoms with Crippen molar-refractivity contribution < 1.29 is 19.4 Å². The largest absolute Gasteiger partial charge is 0.459 e. The molecule has 0 amide bonds. The van der Waals surface area contributed by atoms with Gasteiger partial charge in [-0.1, -0.05) is 17.5 Å². The number of hydrogen-bond acceptors (Lipinski definition) is 6. The zero-order valence-corrected chi connectivity index (χ0v) is 14.7. The molecule has 2 aromatic rings. The number of H-pyrrole nitrogens is 1. The highest BCUT2D eigenvalue weighted by atomic mass is 35.5. The minimum absolute atomic E-state index is 0.0368. The number of benzene rings is 1. The SMILES string of the molecule is C#Cc1cn([C@H]2C[C@H](O)[C@@H](COC(=O)c3ccc(Cl)cc3)O2)c(=O)[nH]c1=O. The Labute approximate surface area is 158 Å². The minimum atomic E-state index is -0.971. The number of nitrogens with zero attached hydrogens (tertiary/aromatic N) is 1. The molecule has 1 aromatic heterocycles. The van der Waals surface area contributed by atoms with Crippen molar-refractivity contribution in [1.29, 1.82) is 0 Å². The van der Waals surface area contributed by atoms with Gasteiger partial charge in [0.1, 0.15) is 24.5 Å². The summed E-state index contributed by atoms with van der Waals surface area (Å²) in [5.41, 5.74) is -1.12. The van der Waals surface area contributed by atoms with Crippen molar-refractivity contribution in [3.63, 3.8) is 0 Å². The van der Waals surface area contributed by atoms with Crippen LogP contribution in [-0.2, 0) is 9.47 Å². The van der Waals surface area contributed by atoms with E-state index < -0.39 is 35.7 Å². The van der Waals surface area contributed by atoms with Crippen molar-refractivity contribution >= 4 is 17.6 Å². The smallest absolute Gasteiger partial charge is 0.338 e. The van der Waals surface area contributed by atoms with E-state index in [1.54, 1.807) is 12.1 Å². The lowest BCUT2D eigenvalue weighted by Crippen LogP contribution is -2.33. The van der Waals surface area contributed by atoms with Gasteiger partial charge in [0.25, 0.3) is 5.56 Å². The number of carbonyl (C=O) groups excluding carboxylic acids is 1. The van der Waals surface area contributed by atoms with Gasteiger partial charge in [0.15, 0.2) is 0 Å². The molecule has 0 radical (unpaired) electrons. The third-order valence-corrected chi connectivity index (χ3v) is 4.35. The molecule has 1 fully saturated rings. The van der Waals surface area contributed by atoms with E-state index in [0.29, 0.717) is 10.6 Å². The van der Waals surface area contributed by atoms with E-state index in [0.717, 1.165) is 4.57 Å². The third kappa shape index (κ3) is 4.11. The van der Waals surface area contributed by atoms with Crippen molar-refractivity contribution in [2.45, 2.75) is 24.9 Å². The molecule has 8 nitrogen and oxygen atoms in total. The van der Waals surface area contributed by atoms with Gasteiger partial charge in [-0.15, -0.1) is 6.42 Å². The Morgan fingerprint density at radius 1 is 1.41 bits per heavy atom. The van der Waals surface area contributed by atoms with Gasteiger partial charge >= 0.3 is 11.7 Å². The highest BCUT2D eigenvalue weighted by Gasteiger charge is 2.36. The van der Waals surface area contributed by atoms with Crippen LogP contribution in [0.3, 0.4) is 0 Å². The van der Waals surface area contributed by atoms with Gasteiger partial charge in [0.05, 0.1) is 11.7 Å². The quantitative estimate of drug-likeness (QED) is 0.586. The third-order valence-electron chi connectivity index (χ3n) is 4.10. The normalized spacial score (nSPS) is 21.6. The Morgan fingerprint density at radius 3 is 2.78 bits per heavy atom. The van der Waals surface area contributed by atoms with Gasteiger partial charge in [-0.05, 0) is 24.3 Å². The van der Waals surface area contributed by atoms with Gasteiger partial charge in [0.2, 0.25) is 0 Å². The molecule has 2 N–H and O–H groups in total. The molecule has 27 heavy (non-hydrogen) atoms. The number of carbonyl (C=O) groups is 1. The van der Waals surface area contributed by atoms with Crippen LogP contribution in [-0.4, -0.2) is 39.4 Å². The predicted octanol–water partition coefficient (Wildman–Crippen LogP) is 0.677. The van der Waals surface area contributed by atoms with E-state index in [-0.39, 0.29) is 18.6 Å². The van der Waals surface area contributed by atoms with Gasteiger partial charge in [-0.2, -0.15) is 0 Å². The van der Waals surface area contributed by atoms with Crippen LogP contribution < -0.4 is 11.2 Å². The second-order valence-corrected chi connectivity index (χ2v) is 6.33. The summed E-state index contributed by atoms with van der Waals surface area (Å²) >= 11 is 5.77. The summed E-state index contributed by atoms with van der Waals surface area (Å²) in [6, 6.07) is 6.14. The first kappa shape index (κ1) is 18.9. The molecule has 1 saturated heterocycles. The summed E-state index contributed by atoms with van der Waals surface area (Å²) < 4.78 is 11.9. The molecule has 1 aliphatic rings. The number of esters is 1. The highest BCUT2D eigenvalue weighted by Crippen LogP contribution is 2.28. The number of hydrogen-bond donors (Lipinski definition) is 2. The first-order valence-corrected chi connectivity index (χ1v) is 8.35. The van der Waals surface area contributed by atoms with Crippen molar-refractivity contribution in [2.75, 3.05) is 6.61 Å². The van der Waals surface area contributed by atoms with E-state index >= 15 is 0 Å². The second kappa shape index (κ2) is 7.80. The van der Waals surface area contributed by atoms with Crippen LogP contribution >= 0.6 is 11.6 Å². The van der Waals surface area contributed by atoms with Crippen molar-refractivity contribution in [2.24, 2.45) is 0 Å². The fourth-order valence-electron chi connectivity index (χ4n) is 2.67. The van der Waals surface area contributed by atoms with Gasteiger partial charge in [-0.25, -0.2) is 9.59 Å². The Balaban J connectivity index is 1.67. The number of aliphatic hydroxyl groups is 1. The highest BCUT2D eigenvalue weighted by molar-refractivity contribution is 6.30. The zero-order valence-electron chi connectivity index (χ0n) is 13.9. The first-order valence-electron chi connectivity index (χ1n) is 7.97. The van der Waals surface area contributed by atoms with E-state index in [4.69, 9.17) is 27.5 Å². The fraction of sp³-hybridized carbons (Fsp3) is 0.278. The Kier molecular flexibility index (Phi) is 5.46. The molecule has 3 atom stereocenters. The predicted molar refractivity (Wildman–Crippen MR) is 95.5 cm³/mol. The minimum Gasteiger partial charge on any atom is -0.459 e. The van der Waals surface area contributed by atoms with E-state index in [1.165, 1.54) is 18.3 Å². The van der Waals surface area contributed by atoms with Crippen LogP contribution in [0.15, 0.2) is 40.1 Å². The molecule has 0 aliphatic carbocycles. The molecule has 1 aliphatic heterocycles. The van der Waals surface area contributed by atoms with Gasteiger partial charge in [0, 0.05) is 17.6 Å². The Morgan fingerprint density at radius 2 is 2.11 bits per heavy atom. The number of aliphatic hydroxyl groups excluding tert-OH is 1. The fourth-order valence-corrected chi connectivity index (χ4v) is 2.79. The monoisotopic (exact) mass is 390 g/mol. The first-order chi connectivity index (χ1) is 12.9. The van der Waals surface area contributed by atoms with Gasteiger partial charge in [-0.3, -0.25) is 14.3 Å². The average molecular weight is 391 g/mol. The standard InChI is InChI=1S/C18H15ClN2O6/c1-2-10-8-21(18(25)20-16(10)23)15-7-13(22)14(27-15)9-26-17(24)11-3-5-12(19)6-4-11/h1,3-6,8,13-15,22H,7,9H2,(H,20,23,25)/t13-,14+,15+/m0/s1. The Hall–Kier alpha value is -2.86. The molecule has 0 unspecified atom stereocenters. The van der Waals surface area contributed by atoms with Crippen molar-refractivity contribution in [3.05, 3.63) is 67.4 Å². The molecular weight excluding hydrogens is 376 g/mol. The van der Waals surface area contributed by atoms with Crippen molar-refractivity contribution in [1.82, 2.24) is 9.55 Å². The van der Waals surface area contributed by atoms with Crippen molar-refractivity contribution in [3.8, 4) is 12.3 Å². The molecule has 3 rings (SSSR count). The zero-order chi connectivity index (χ0) is 19.6. The van der Waals surface area contributed by atoms with E-state index in [2.05, 4.69) is 10.9 Å². The summed E-state index contributed by atoms with van der Waals surface area (Å²) in [5, 5.41) is 10.6. The number of aromatic nitrogens is 2. The van der Waals surface area contributed by atoms with Crippen LogP contribution in [0.2, 0.25) is 5.02 Å². The maximum absolute atomic E-state index is 12.0. The number of ether oxygens (including phenoxy) is 2. The summed E-state index contributed by atoms with van der Waals surface area (Å²) in [6.07, 6.45) is 3.83. The lowest BCUT2D eigenvalue weighted by atomic mass is 10.2. The second-order valence-electron chi connectivity index (χ2n) is 5.89. The molecule has 0 saturated carbocycles. The summed E-state index contributed by atoms with van der Waals surface area (Å²) in [6.45, 7) is -0.209. The van der Waals surface area contributed by atoms with Crippen LogP contribution in [0.1, 0.15) is 28.6 Å². The molecule has 140 valence electrons. The molecule has 9 heteroatoms. The molecule has 2 heterocycles. The number of halogens is 1. The summed E-state index contributed by atoms with van der Waals surface area (Å²) in [7, 11) is 0. The summed E-state index contributed by atoms with van der Waals surface area (Å²) in [5.74, 6) is 1.58. The molecular formula is C18H15ClN2O6. The van der Waals surface area contributed by atoms with Gasteiger partial charge < -0.3 is 14.6 Å².